The number of aryl methyl sites for hydroxylation is 2. The van der Waals surface area contributed by atoms with E-state index in [0.717, 1.165) is 11.4 Å². The van der Waals surface area contributed by atoms with E-state index in [9.17, 15) is 4.79 Å². The maximum absolute atomic E-state index is 12.3. The van der Waals surface area contributed by atoms with E-state index in [4.69, 9.17) is 4.74 Å². The standard InChI is InChI=1S/C16H25N3O2/c1-7-19(15(20)21-16(4,5)6)18-9-13-11(2)8-12(3)17-14(13)10-18/h8H,7,9-10H2,1-6H3. The van der Waals surface area contributed by atoms with Gasteiger partial charge in [0.1, 0.15) is 5.60 Å². The molecule has 116 valence electrons. The van der Waals surface area contributed by atoms with Crippen LogP contribution in [0.25, 0.3) is 0 Å². The van der Waals surface area contributed by atoms with Crippen LogP contribution in [-0.4, -0.2) is 33.2 Å². The second kappa shape index (κ2) is 5.64. The van der Waals surface area contributed by atoms with Crippen LogP contribution in [0.4, 0.5) is 4.79 Å². The first-order valence-corrected chi connectivity index (χ1v) is 7.42. The molecule has 0 aliphatic carbocycles. The molecule has 0 N–H and O–H groups in total. The number of pyridine rings is 1. The zero-order valence-electron chi connectivity index (χ0n) is 13.9. The highest BCUT2D eigenvalue weighted by Crippen LogP contribution is 2.26. The normalized spacial score (nSPS) is 15.0. The quantitative estimate of drug-likeness (QED) is 0.839. The second-order valence-electron chi connectivity index (χ2n) is 6.52. The third kappa shape index (κ3) is 3.53. The second-order valence-corrected chi connectivity index (χ2v) is 6.52. The Bertz CT molecular complexity index is 549. The molecule has 1 aliphatic rings. The summed E-state index contributed by atoms with van der Waals surface area (Å²) in [5.74, 6) is 0. The number of hydrogen-bond acceptors (Lipinski definition) is 4. The molecule has 5 nitrogen and oxygen atoms in total. The van der Waals surface area contributed by atoms with Gasteiger partial charge in [-0.25, -0.2) is 14.8 Å². The number of rotatable bonds is 2. The summed E-state index contributed by atoms with van der Waals surface area (Å²) in [6.07, 6.45) is -0.299. The van der Waals surface area contributed by atoms with Crippen molar-refractivity contribution in [1.82, 2.24) is 15.0 Å². The number of amides is 1. The molecule has 0 radical (unpaired) electrons. The summed E-state index contributed by atoms with van der Waals surface area (Å²) in [4.78, 5) is 16.9. The van der Waals surface area contributed by atoms with Crippen molar-refractivity contribution in [2.45, 2.75) is 60.2 Å². The van der Waals surface area contributed by atoms with E-state index in [0.29, 0.717) is 19.6 Å². The van der Waals surface area contributed by atoms with Gasteiger partial charge in [0.25, 0.3) is 0 Å². The maximum atomic E-state index is 12.3. The van der Waals surface area contributed by atoms with E-state index in [2.05, 4.69) is 18.0 Å². The minimum Gasteiger partial charge on any atom is -0.443 e. The zero-order chi connectivity index (χ0) is 15.8. The van der Waals surface area contributed by atoms with Crippen LogP contribution in [0.15, 0.2) is 6.07 Å². The van der Waals surface area contributed by atoms with Gasteiger partial charge < -0.3 is 4.74 Å². The van der Waals surface area contributed by atoms with Gasteiger partial charge in [-0.15, -0.1) is 0 Å². The molecule has 0 atom stereocenters. The van der Waals surface area contributed by atoms with Crippen LogP contribution in [0.1, 0.15) is 50.2 Å². The fraction of sp³-hybridized carbons (Fsp3) is 0.625. The van der Waals surface area contributed by atoms with Crippen molar-refractivity contribution >= 4 is 6.09 Å². The highest BCUT2D eigenvalue weighted by Gasteiger charge is 2.31. The van der Waals surface area contributed by atoms with Gasteiger partial charge >= 0.3 is 6.09 Å². The van der Waals surface area contributed by atoms with Crippen molar-refractivity contribution in [2.75, 3.05) is 6.54 Å². The van der Waals surface area contributed by atoms with Gasteiger partial charge in [-0.1, -0.05) is 0 Å². The average molecular weight is 291 g/mol. The largest absolute Gasteiger partial charge is 0.443 e. The summed E-state index contributed by atoms with van der Waals surface area (Å²) < 4.78 is 5.48. The van der Waals surface area contributed by atoms with Crippen molar-refractivity contribution in [3.8, 4) is 0 Å². The monoisotopic (exact) mass is 291 g/mol. The summed E-state index contributed by atoms with van der Waals surface area (Å²) in [6, 6.07) is 2.09. The Balaban J connectivity index is 2.16. The molecule has 0 aromatic carbocycles. The molecule has 0 saturated heterocycles. The number of hydrogen-bond donors (Lipinski definition) is 0. The molecule has 2 rings (SSSR count). The van der Waals surface area contributed by atoms with E-state index < -0.39 is 5.60 Å². The van der Waals surface area contributed by atoms with Gasteiger partial charge in [0.2, 0.25) is 0 Å². The first kappa shape index (κ1) is 15.8. The van der Waals surface area contributed by atoms with E-state index >= 15 is 0 Å². The van der Waals surface area contributed by atoms with E-state index in [-0.39, 0.29) is 6.09 Å². The minimum atomic E-state index is -0.484. The van der Waals surface area contributed by atoms with Crippen molar-refractivity contribution in [2.24, 2.45) is 0 Å². The molecule has 1 aromatic heterocycles. The van der Waals surface area contributed by atoms with Gasteiger partial charge in [-0.2, -0.15) is 0 Å². The highest BCUT2D eigenvalue weighted by molar-refractivity contribution is 5.67. The first-order valence-electron chi connectivity index (χ1n) is 7.42. The molecule has 0 spiro atoms. The number of carbonyl (C=O) groups is 1. The third-order valence-electron chi connectivity index (χ3n) is 3.48. The SMILES string of the molecule is CCN(C(=O)OC(C)(C)C)N1Cc2nc(C)cc(C)c2C1. The Morgan fingerprint density at radius 3 is 2.62 bits per heavy atom. The number of aromatic nitrogens is 1. The van der Waals surface area contributed by atoms with Gasteiger partial charge in [-0.05, 0) is 58.7 Å². The lowest BCUT2D eigenvalue weighted by Crippen LogP contribution is -2.45. The van der Waals surface area contributed by atoms with Crippen LogP contribution in [0, 0.1) is 13.8 Å². The van der Waals surface area contributed by atoms with Crippen molar-refractivity contribution < 1.29 is 9.53 Å². The van der Waals surface area contributed by atoms with Gasteiger partial charge in [-0.3, -0.25) is 4.98 Å². The lowest BCUT2D eigenvalue weighted by molar-refractivity contribution is -0.0519. The van der Waals surface area contributed by atoms with Crippen LogP contribution in [0.2, 0.25) is 0 Å². The predicted molar refractivity (Wildman–Crippen MR) is 81.6 cm³/mol. The minimum absolute atomic E-state index is 0.299. The van der Waals surface area contributed by atoms with Crippen LogP contribution in [0.3, 0.4) is 0 Å². The number of nitrogens with zero attached hydrogens (tertiary/aromatic N) is 3. The number of hydrazine groups is 1. The number of fused-ring (bicyclic) bond motifs is 1. The predicted octanol–water partition coefficient (Wildman–Crippen LogP) is 3.19. The Hall–Kier alpha value is -1.62. The van der Waals surface area contributed by atoms with E-state index in [1.807, 2.05) is 39.6 Å². The average Bonchev–Trinajstić information content (AvgIpc) is 2.71. The smallest absolute Gasteiger partial charge is 0.424 e. The molecular weight excluding hydrogens is 266 g/mol. The van der Waals surface area contributed by atoms with E-state index in [1.165, 1.54) is 11.1 Å². The van der Waals surface area contributed by atoms with Crippen molar-refractivity contribution in [3.63, 3.8) is 0 Å². The summed E-state index contributed by atoms with van der Waals surface area (Å²) >= 11 is 0. The molecule has 0 unspecified atom stereocenters. The number of carbonyl (C=O) groups excluding carboxylic acids is 1. The van der Waals surface area contributed by atoms with Crippen molar-refractivity contribution in [1.29, 1.82) is 0 Å². The summed E-state index contributed by atoms with van der Waals surface area (Å²) in [5, 5.41) is 3.68. The molecule has 21 heavy (non-hydrogen) atoms. The summed E-state index contributed by atoms with van der Waals surface area (Å²) in [7, 11) is 0. The fourth-order valence-corrected chi connectivity index (χ4v) is 2.63. The summed E-state index contributed by atoms with van der Waals surface area (Å²) in [5.41, 5.74) is 4.06. The molecule has 5 heteroatoms. The van der Waals surface area contributed by atoms with Crippen LogP contribution >= 0.6 is 0 Å². The molecule has 0 saturated carbocycles. The van der Waals surface area contributed by atoms with Gasteiger partial charge in [0.15, 0.2) is 0 Å². The first-order chi connectivity index (χ1) is 9.71. The maximum Gasteiger partial charge on any atom is 0.424 e. The Kier molecular flexibility index (Phi) is 4.23. The zero-order valence-corrected chi connectivity index (χ0v) is 13.9. The number of ether oxygens (including phenoxy) is 1. The van der Waals surface area contributed by atoms with Gasteiger partial charge in [0, 0.05) is 18.8 Å². The molecule has 0 bridgehead atoms. The summed E-state index contributed by atoms with van der Waals surface area (Å²) in [6.45, 7) is 13.7. The Labute approximate surface area is 126 Å². The van der Waals surface area contributed by atoms with Crippen LogP contribution < -0.4 is 0 Å². The topological polar surface area (TPSA) is 45.7 Å². The van der Waals surface area contributed by atoms with Gasteiger partial charge in [0.05, 0.1) is 12.2 Å². The fourth-order valence-electron chi connectivity index (χ4n) is 2.63. The third-order valence-corrected chi connectivity index (χ3v) is 3.48. The molecular formula is C16H25N3O2. The van der Waals surface area contributed by atoms with Crippen LogP contribution in [-0.2, 0) is 17.8 Å². The lowest BCUT2D eigenvalue weighted by atomic mass is 10.1. The molecule has 2 heterocycles. The molecule has 1 aliphatic heterocycles. The lowest BCUT2D eigenvalue weighted by Gasteiger charge is -2.32. The molecule has 1 aromatic rings. The highest BCUT2D eigenvalue weighted by atomic mass is 16.6. The molecule has 0 fully saturated rings. The van der Waals surface area contributed by atoms with E-state index in [1.54, 1.807) is 5.01 Å². The Morgan fingerprint density at radius 1 is 1.38 bits per heavy atom. The Morgan fingerprint density at radius 2 is 2.05 bits per heavy atom. The van der Waals surface area contributed by atoms with Crippen LogP contribution in [0.5, 0.6) is 0 Å². The van der Waals surface area contributed by atoms with Crippen molar-refractivity contribution in [3.05, 3.63) is 28.6 Å². The molecule has 1 amide bonds.